The molecule has 3 rings (SSSR count). The van der Waals surface area contributed by atoms with Gasteiger partial charge < -0.3 is 9.84 Å². The Kier molecular flexibility index (Phi) is 3.31. The van der Waals surface area contributed by atoms with Gasteiger partial charge in [-0.15, -0.1) is 0 Å². The Labute approximate surface area is 121 Å². The molecule has 0 aliphatic heterocycles. The third-order valence-corrected chi connectivity index (χ3v) is 3.24. The number of carbonyl (C=O) groups is 1. The lowest BCUT2D eigenvalue weighted by molar-refractivity contribution is 0.0686. The number of aromatic carboxylic acids is 1. The normalized spacial score (nSPS) is 10.7. The van der Waals surface area contributed by atoms with Crippen molar-refractivity contribution in [1.29, 1.82) is 0 Å². The van der Waals surface area contributed by atoms with Crippen LogP contribution in [0.15, 0.2) is 48.7 Å². The molecule has 21 heavy (non-hydrogen) atoms. The fourth-order valence-corrected chi connectivity index (χ4v) is 2.25. The number of ether oxygens (including phenoxy) is 1. The number of fused-ring (bicyclic) bond motifs is 1. The zero-order valence-corrected chi connectivity index (χ0v) is 11.5. The van der Waals surface area contributed by atoms with Crippen LogP contribution in [-0.4, -0.2) is 20.5 Å². The summed E-state index contributed by atoms with van der Waals surface area (Å²) in [5, 5.41) is 9.42. The van der Waals surface area contributed by atoms with Crippen LogP contribution >= 0.6 is 0 Å². The molecule has 5 heteroatoms. The van der Waals surface area contributed by atoms with Crippen molar-refractivity contribution in [2.24, 2.45) is 0 Å². The van der Waals surface area contributed by atoms with Gasteiger partial charge in [-0.25, -0.2) is 9.78 Å². The summed E-state index contributed by atoms with van der Waals surface area (Å²) in [5.41, 5.74) is 2.12. The summed E-state index contributed by atoms with van der Waals surface area (Å²) >= 11 is 0. The van der Waals surface area contributed by atoms with Crippen LogP contribution in [0.2, 0.25) is 0 Å². The van der Waals surface area contributed by atoms with Crippen LogP contribution in [0, 0.1) is 6.92 Å². The number of hydrogen-bond donors (Lipinski definition) is 1. The lowest BCUT2D eigenvalue weighted by Gasteiger charge is -2.04. The van der Waals surface area contributed by atoms with Crippen LogP contribution in [0.1, 0.15) is 21.7 Å². The van der Waals surface area contributed by atoms with Gasteiger partial charge >= 0.3 is 5.97 Å². The molecule has 1 N–H and O–H groups in total. The SMILES string of the molecule is Cc1cccn2c(C(=O)O)c(COc3ccccc3)nc12. The molecule has 0 aliphatic carbocycles. The van der Waals surface area contributed by atoms with Crippen molar-refractivity contribution in [3.05, 3.63) is 65.6 Å². The molecular weight excluding hydrogens is 268 g/mol. The Morgan fingerprint density at radius 2 is 2.00 bits per heavy atom. The third-order valence-electron chi connectivity index (χ3n) is 3.24. The Balaban J connectivity index is 2.00. The van der Waals surface area contributed by atoms with Crippen molar-refractivity contribution in [3.63, 3.8) is 0 Å². The van der Waals surface area contributed by atoms with E-state index >= 15 is 0 Å². The minimum Gasteiger partial charge on any atom is -0.487 e. The van der Waals surface area contributed by atoms with E-state index in [1.807, 2.05) is 43.3 Å². The standard InChI is InChI=1S/C16H14N2O3/c1-11-6-5-9-18-14(16(19)20)13(17-15(11)18)10-21-12-7-3-2-4-8-12/h2-9H,10H2,1H3,(H,19,20). The van der Waals surface area contributed by atoms with Gasteiger partial charge in [-0.3, -0.25) is 4.40 Å². The summed E-state index contributed by atoms with van der Waals surface area (Å²) in [4.78, 5) is 15.9. The van der Waals surface area contributed by atoms with E-state index in [-0.39, 0.29) is 12.3 Å². The first-order valence-electron chi connectivity index (χ1n) is 6.54. The number of hydrogen-bond acceptors (Lipinski definition) is 3. The second-order valence-electron chi connectivity index (χ2n) is 4.70. The summed E-state index contributed by atoms with van der Waals surface area (Å²) in [6, 6.07) is 13.0. The van der Waals surface area contributed by atoms with Crippen molar-refractivity contribution in [3.8, 4) is 5.75 Å². The fraction of sp³-hybridized carbons (Fsp3) is 0.125. The molecule has 0 radical (unpaired) electrons. The number of imidazole rings is 1. The molecule has 0 unspecified atom stereocenters. The molecule has 3 aromatic rings. The average Bonchev–Trinajstić information content (AvgIpc) is 2.86. The van der Waals surface area contributed by atoms with E-state index < -0.39 is 5.97 Å². The summed E-state index contributed by atoms with van der Waals surface area (Å²) in [5.74, 6) is -0.331. The van der Waals surface area contributed by atoms with Crippen molar-refractivity contribution in [2.75, 3.05) is 0 Å². The maximum absolute atomic E-state index is 11.5. The number of carboxylic acids is 1. The number of nitrogens with zero attached hydrogens (tertiary/aromatic N) is 2. The molecule has 2 heterocycles. The smallest absolute Gasteiger partial charge is 0.354 e. The van der Waals surface area contributed by atoms with Gasteiger partial charge in [-0.05, 0) is 30.7 Å². The molecule has 0 amide bonds. The molecule has 0 atom stereocenters. The Bertz CT molecular complexity index is 794. The monoisotopic (exact) mass is 282 g/mol. The zero-order chi connectivity index (χ0) is 14.8. The van der Waals surface area contributed by atoms with Crippen LogP contribution in [0.4, 0.5) is 0 Å². The quantitative estimate of drug-likeness (QED) is 0.799. The number of carboxylic acid groups (broad SMARTS) is 1. The van der Waals surface area contributed by atoms with Gasteiger partial charge in [0.2, 0.25) is 0 Å². The van der Waals surface area contributed by atoms with Crippen molar-refractivity contribution in [2.45, 2.75) is 13.5 Å². The molecule has 0 bridgehead atoms. The number of para-hydroxylation sites is 1. The molecule has 0 fully saturated rings. The van der Waals surface area contributed by atoms with Gasteiger partial charge in [0.25, 0.3) is 0 Å². The lowest BCUT2D eigenvalue weighted by atomic mass is 10.3. The highest BCUT2D eigenvalue weighted by Crippen LogP contribution is 2.18. The first-order chi connectivity index (χ1) is 10.2. The summed E-state index contributed by atoms with van der Waals surface area (Å²) in [7, 11) is 0. The van der Waals surface area contributed by atoms with Crippen molar-refractivity contribution >= 4 is 11.6 Å². The van der Waals surface area contributed by atoms with E-state index in [0.29, 0.717) is 17.1 Å². The fourth-order valence-electron chi connectivity index (χ4n) is 2.25. The first-order valence-corrected chi connectivity index (χ1v) is 6.54. The Hall–Kier alpha value is -2.82. The largest absolute Gasteiger partial charge is 0.487 e. The third kappa shape index (κ3) is 2.45. The number of rotatable bonds is 4. The lowest BCUT2D eigenvalue weighted by Crippen LogP contribution is -2.07. The highest BCUT2D eigenvalue weighted by Gasteiger charge is 2.19. The van der Waals surface area contributed by atoms with Crippen molar-refractivity contribution < 1.29 is 14.6 Å². The van der Waals surface area contributed by atoms with E-state index in [4.69, 9.17) is 4.74 Å². The van der Waals surface area contributed by atoms with Crippen LogP contribution in [0.5, 0.6) is 5.75 Å². The van der Waals surface area contributed by atoms with Gasteiger partial charge in [0.15, 0.2) is 5.69 Å². The van der Waals surface area contributed by atoms with Crippen LogP contribution in [0.25, 0.3) is 5.65 Å². The number of pyridine rings is 1. The minimum absolute atomic E-state index is 0.118. The van der Waals surface area contributed by atoms with Gasteiger partial charge in [0.1, 0.15) is 23.7 Å². The van der Waals surface area contributed by atoms with E-state index in [0.717, 1.165) is 5.56 Å². The molecule has 1 aromatic carbocycles. The number of aryl methyl sites for hydroxylation is 1. The molecular formula is C16H14N2O3. The zero-order valence-electron chi connectivity index (χ0n) is 11.5. The molecule has 0 saturated heterocycles. The number of aromatic nitrogens is 2. The highest BCUT2D eigenvalue weighted by atomic mass is 16.5. The predicted octanol–water partition coefficient (Wildman–Crippen LogP) is 2.92. The van der Waals surface area contributed by atoms with E-state index in [1.54, 1.807) is 16.7 Å². The second kappa shape index (κ2) is 5.28. The Morgan fingerprint density at radius 3 is 2.71 bits per heavy atom. The van der Waals surface area contributed by atoms with E-state index in [2.05, 4.69) is 4.98 Å². The molecule has 0 saturated carbocycles. The topological polar surface area (TPSA) is 63.8 Å². The highest BCUT2D eigenvalue weighted by molar-refractivity contribution is 5.88. The van der Waals surface area contributed by atoms with Crippen LogP contribution < -0.4 is 4.74 Å². The summed E-state index contributed by atoms with van der Waals surface area (Å²) in [6.07, 6.45) is 1.70. The maximum Gasteiger partial charge on any atom is 0.354 e. The first kappa shape index (κ1) is 13.2. The Morgan fingerprint density at radius 1 is 1.24 bits per heavy atom. The van der Waals surface area contributed by atoms with Crippen LogP contribution in [-0.2, 0) is 6.61 Å². The molecule has 0 aliphatic rings. The van der Waals surface area contributed by atoms with E-state index in [1.165, 1.54) is 0 Å². The minimum atomic E-state index is -1.01. The maximum atomic E-state index is 11.5. The van der Waals surface area contributed by atoms with E-state index in [9.17, 15) is 9.90 Å². The van der Waals surface area contributed by atoms with Gasteiger partial charge in [-0.1, -0.05) is 24.3 Å². The molecule has 0 spiro atoms. The predicted molar refractivity (Wildman–Crippen MR) is 77.7 cm³/mol. The van der Waals surface area contributed by atoms with Gasteiger partial charge in [-0.2, -0.15) is 0 Å². The number of benzene rings is 1. The summed E-state index contributed by atoms with van der Waals surface area (Å²) < 4.78 is 7.20. The van der Waals surface area contributed by atoms with Gasteiger partial charge in [0.05, 0.1) is 0 Å². The van der Waals surface area contributed by atoms with Gasteiger partial charge in [0, 0.05) is 6.20 Å². The van der Waals surface area contributed by atoms with Crippen molar-refractivity contribution in [1.82, 2.24) is 9.38 Å². The average molecular weight is 282 g/mol. The van der Waals surface area contributed by atoms with Crippen LogP contribution in [0.3, 0.4) is 0 Å². The molecule has 5 nitrogen and oxygen atoms in total. The second-order valence-corrected chi connectivity index (χ2v) is 4.70. The summed E-state index contributed by atoms with van der Waals surface area (Å²) in [6.45, 7) is 2.02. The molecule has 2 aromatic heterocycles. The molecule has 106 valence electrons.